The van der Waals surface area contributed by atoms with Crippen LogP contribution in [-0.4, -0.2) is 25.0 Å². The van der Waals surface area contributed by atoms with E-state index < -0.39 is 35.9 Å². The lowest BCUT2D eigenvalue weighted by atomic mass is 9.66. The number of hydrogen-bond donors (Lipinski definition) is 1. The fraction of sp³-hybridized carbons (Fsp3) is 0.300. The van der Waals surface area contributed by atoms with Gasteiger partial charge in [0.25, 0.3) is 0 Å². The van der Waals surface area contributed by atoms with Crippen LogP contribution in [0.4, 0.5) is 8.78 Å². The molecule has 2 aromatic carbocycles. The number of nitrogens with two attached hydrogens (primary N) is 1. The predicted molar refractivity (Wildman–Crippen MR) is 101 cm³/mol. The van der Waals surface area contributed by atoms with Crippen molar-refractivity contribution < 1.29 is 23.0 Å². The van der Waals surface area contributed by atoms with Crippen molar-refractivity contribution in [1.29, 1.82) is 5.26 Å². The molecule has 0 saturated heterocycles. The lowest BCUT2D eigenvalue weighted by Gasteiger charge is -2.45. The highest BCUT2D eigenvalue weighted by Crippen LogP contribution is 2.55. The van der Waals surface area contributed by atoms with Crippen LogP contribution >= 0.6 is 15.9 Å². The van der Waals surface area contributed by atoms with Gasteiger partial charge in [-0.05, 0) is 23.8 Å². The summed E-state index contributed by atoms with van der Waals surface area (Å²) in [5, 5.41) is 9.23. The summed E-state index contributed by atoms with van der Waals surface area (Å²) in [4.78, 5) is 12.6. The van der Waals surface area contributed by atoms with Gasteiger partial charge >= 0.3 is 5.92 Å². The van der Waals surface area contributed by atoms with Gasteiger partial charge in [0.2, 0.25) is 12.0 Å². The topological polar surface area (TPSA) is 85.3 Å². The lowest BCUT2D eigenvalue weighted by Crippen LogP contribution is -2.62. The molecule has 1 aliphatic rings. The summed E-state index contributed by atoms with van der Waals surface area (Å²) in [6.45, 7) is 0. The van der Waals surface area contributed by atoms with Crippen molar-refractivity contribution in [1.82, 2.24) is 0 Å². The maximum absolute atomic E-state index is 15.7. The summed E-state index contributed by atoms with van der Waals surface area (Å²) < 4.78 is 42.4. The van der Waals surface area contributed by atoms with Crippen LogP contribution in [0.15, 0.2) is 53.0 Å². The first-order valence-corrected chi connectivity index (χ1v) is 9.19. The Morgan fingerprint density at radius 3 is 2.64 bits per heavy atom. The van der Waals surface area contributed by atoms with Crippen molar-refractivity contribution in [2.75, 3.05) is 7.11 Å². The highest BCUT2D eigenvalue weighted by atomic mass is 79.9. The van der Waals surface area contributed by atoms with Crippen molar-refractivity contribution in [3.05, 3.63) is 64.1 Å². The van der Waals surface area contributed by atoms with Crippen molar-refractivity contribution in [2.45, 2.75) is 30.0 Å². The number of hydrogen-bond acceptors (Lipinski definition) is 4. The molecule has 0 aliphatic carbocycles. The Hall–Kier alpha value is -2.50. The summed E-state index contributed by atoms with van der Waals surface area (Å²) in [7, 11) is 0.992. The minimum Gasteiger partial charge on any atom is -0.485 e. The number of carbonyl (C=O) groups excluding carboxylic acids is 1. The van der Waals surface area contributed by atoms with E-state index in [0.29, 0.717) is 10.0 Å². The number of fused-ring (bicyclic) bond motifs is 1. The van der Waals surface area contributed by atoms with Crippen LogP contribution in [0.5, 0.6) is 5.75 Å². The minimum atomic E-state index is -3.91. The molecule has 1 amide bonds. The molecule has 28 heavy (non-hydrogen) atoms. The van der Waals surface area contributed by atoms with E-state index >= 15 is 8.78 Å². The molecule has 5 nitrogen and oxygen atoms in total. The Labute approximate surface area is 169 Å². The van der Waals surface area contributed by atoms with Crippen LogP contribution in [-0.2, 0) is 14.9 Å². The first-order chi connectivity index (χ1) is 13.3. The number of benzene rings is 2. The molecule has 1 aliphatic heterocycles. The standard InChI is InChI=1S/C20H17BrF2N2O3/c1-27-17(11-24)20(22,23)19(18(25)26)10-16(12-5-3-2-4-6-12)28-15-8-7-13(21)9-14(15)19/h2-9,16-17H,10H2,1H3,(H2,25,26)/t16-,17?,19+/m0/s1. The van der Waals surface area contributed by atoms with Crippen molar-refractivity contribution >= 4 is 21.8 Å². The van der Waals surface area contributed by atoms with Gasteiger partial charge in [-0.25, -0.2) is 8.78 Å². The Bertz CT molecular complexity index is 933. The van der Waals surface area contributed by atoms with E-state index in [1.807, 2.05) is 0 Å². The number of nitriles is 1. The molecule has 0 radical (unpaired) electrons. The van der Waals surface area contributed by atoms with Gasteiger partial charge < -0.3 is 15.2 Å². The van der Waals surface area contributed by atoms with E-state index in [1.165, 1.54) is 18.2 Å². The number of primary amides is 1. The normalized spacial score (nSPS) is 22.5. The van der Waals surface area contributed by atoms with Gasteiger partial charge in [0.05, 0.1) is 0 Å². The first kappa shape index (κ1) is 20.2. The van der Waals surface area contributed by atoms with E-state index in [-0.39, 0.29) is 11.3 Å². The highest BCUT2D eigenvalue weighted by Gasteiger charge is 2.67. The van der Waals surface area contributed by atoms with E-state index in [1.54, 1.807) is 36.4 Å². The average molecular weight is 451 g/mol. The van der Waals surface area contributed by atoms with E-state index in [9.17, 15) is 10.1 Å². The summed E-state index contributed by atoms with van der Waals surface area (Å²) in [6.07, 6.45) is -3.46. The summed E-state index contributed by atoms with van der Waals surface area (Å²) in [5.41, 5.74) is 3.62. The largest absolute Gasteiger partial charge is 0.485 e. The Morgan fingerprint density at radius 2 is 2.07 bits per heavy atom. The van der Waals surface area contributed by atoms with Gasteiger partial charge in [-0.15, -0.1) is 0 Å². The number of alkyl halides is 2. The molecule has 0 bridgehead atoms. The van der Waals surface area contributed by atoms with Crippen molar-refractivity contribution in [3.63, 3.8) is 0 Å². The maximum Gasteiger partial charge on any atom is 0.305 e. The third-order valence-electron chi connectivity index (χ3n) is 5.01. The van der Waals surface area contributed by atoms with Gasteiger partial charge in [-0.3, -0.25) is 4.79 Å². The zero-order chi connectivity index (χ0) is 20.5. The molecule has 1 unspecified atom stereocenters. The molecule has 3 rings (SSSR count). The molecule has 0 spiro atoms. The van der Waals surface area contributed by atoms with Gasteiger partial charge in [0.1, 0.15) is 23.3 Å². The van der Waals surface area contributed by atoms with Gasteiger partial charge in [-0.1, -0.05) is 46.3 Å². The summed E-state index contributed by atoms with van der Waals surface area (Å²) >= 11 is 3.24. The summed E-state index contributed by atoms with van der Waals surface area (Å²) in [6, 6.07) is 14.6. The summed E-state index contributed by atoms with van der Waals surface area (Å²) in [5.74, 6) is -5.05. The quantitative estimate of drug-likeness (QED) is 0.748. The smallest absolute Gasteiger partial charge is 0.305 e. The molecule has 2 N–H and O–H groups in total. The fourth-order valence-corrected chi connectivity index (χ4v) is 3.95. The fourth-order valence-electron chi connectivity index (χ4n) is 3.59. The third kappa shape index (κ3) is 3.05. The number of amides is 1. The maximum atomic E-state index is 15.7. The van der Waals surface area contributed by atoms with E-state index in [2.05, 4.69) is 15.9 Å². The Morgan fingerprint density at radius 1 is 1.39 bits per heavy atom. The number of methoxy groups -OCH3 is 1. The molecule has 0 aromatic heterocycles. The Balaban J connectivity index is 2.28. The molecule has 146 valence electrons. The third-order valence-corrected chi connectivity index (χ3v) is 5.50. The second-order valence-corrected chi connectivity index (χ2v) is 7.41. The van der Waals surface area contributed by atoms with Gasteiger partial charge in [0.15, 0.2) is 0 Å². The van der Waals surface area contributed by atoms with Crippen molar-refractivity contribution in [3.8, 4) is 11.8 Å². The van der Waals surface area contributed by atoms with Crippen molar-refractivity contribution in [2.24, 2.45) is 5.73 Å². The molecule has 8 heteroatoms. The zero-order valence-corrected chi connectivity index (χ0v) is 16.4. The number of ether oxygens (including phenoxy) is 2. The van der Waals surface area contributed by atoms with Crippen LogP contribution in [0.2, 0.25) is 0 Å². The monoisotopic (exact) mass is 450 g/mol. The average Bonchev–Trinajstić information content (AvgIpc) is 2.68. The number of halogens is 3. The molecule has 3 atom stereocenters. The van der Waals surface area contributed by atoms with Crippen LogP contribution < -0.4 is 10.5 Å². The van der Waals surface area contributed by atoms with Crippen LogP contribution in [0.1, 0.15) is 23.7 Å². The molecular formula is C20H17BrF2N2O3. The van der Waals surface area contributed by atoms with Gasteiger partial charge in [-0.2, -0.15) is 5.26 Å². The molecular weight excluding hydrogens is 434 g/mol. The second-order valence-electron chi connectivity index (χ2n) is 6.50. The Kier molecular flexibility index (Phi) is 5.41. The first-order valence-electron chi connectivity index (χ1n) is 8.39. The van der Waals surface area contributed by atoms with Crippen LogP contribution in [0, 0.1) is 11.3 Å². The number of nitrogens with zero attached hydrogens (tertiary/aromatic N) is 1. The molecule has 1 heterocycles. The second kappa shape index (κ2) is 7.49. The van der Waals surface area contributed by atoms with Gasteiger partial charge in [0, 0.05) is 23.6 Å². The zero-order valence-electron chi connectivity index (χ0n) is 14.9. The predicted octanol–water partition coefficient (Wildman–Crippen LogP) is 3.87. The molecule has 0 fully saturated rings. The highest BCUT2D eigenvalue weighted by molar-refractivity contribution is 9.10. The SMILES string of the molecule is COC(C#N)C(F)(F)[C@]1(C(N)=O)C[C@@H](c2ccccc2)Oc2ccc(Br)cc21. The van der Waals surface area contributed by atoms with E-state index in [4.69, 9.17) is 15.2 Å². The van der Waals surface area contributed by atoms with Crippen LogP contribution in [0.3, 0.4) is 0 Å². The lowest BCUT2D eigenvalue weighted by molar-refractivity contribution is -0.176. The minimum absolute atomic E-state index is 0.0798. The van der Waals surface area contributed by atoms with Crippen LogP contribution in [0.25, 0.3) is 0 Å². The number of rotatable bonds is 5. The molecule has 2 aromatic rings. The molecule has 0 saturated carbocycles. The number of carbonyl (C=O) groups is 1. The van der Waals surface area contributed by atoms with E-state index in [0.717, 1.165) is 7.11 Å².